The molecule has 0 unspecified atom stereocenters. The number of carbonyl (C=O) groups excluding carboxylic acids is 1. The molecule has 32 heavy (non-hydrogen) atoms. The highest BCUT2D eigenvalue weighted by atomic mass is 16.5. The van der Waals surface area contributed by atoms with E-state index >= 15 is 0 Å². The number of benzene rings is 3. The van der Waals surface area contributed by atoms with Crippen molar-refractivity contribution in [3.8, 4) is 17.2 Å². The molecule has 6 heteroatoms. The van der Waals surface area contributed by atoms with Gasteiger partial charge in [-0.3, -0.25) is 4.79 Å². The van der Waals surface area contributed by atoms with Crippen LogP contribution in [0.25, 0.3) is 0 Å². The van der Waals surface area contributed by atoms with E-state index in [4.69, 9.17) is 14.2 Å². The van der Waals surface area contributed by atoms with Crippen LogP contribution in [0, 0.1) is 0 Å². The van der Waals surface area contributed by atoms with Gasteiger partial charge in [0.2, 0.25) is 0 Å². The van der Waals surface area contributed by atoms with Crippen molar-refractivity contribution in [3.63, 3.8) is 0 Å². The maximum absolute atomic E-state index is 13.2. The van der Waals surface area contributed by atoms with Gasteiger partial charge in [-0.1, -0.05) is 30.3 Å². The van der Waals surface area contributed by atoms with Gasteiger partial charge in [-0.15, -0.1) is 0 Å². The lowest BCUT2D eigenvalue weighted by atomic mass is 10.1. The molecule has 1 fully saturated rings. The lowest BCUT2D eigenvalue weighted by molar-refractivity contribution is 0.0746. The van der Waals surface area contributed by atoms with E-state index in [0.717, 1.165) is 35.8 Å². The Morgan fingerprint density at radius 1 is 0.812 bits per heavy atom. The van der Waals surface area contributed by atoms with E-state index in [0.29, 0.717) is 31.0 Å². The molecule has 1 heterocycles. The van der Waals surface area contributed by atoms with Crippen LogP contribution in [0.5, 0.6) is 17.2 Å². The standard InChI is InChI=1S/C26H28N2O4/c1-30-24-13-12-20(18-21(24)19-32-22-8-4-3-5-9-22)26(29)28-16-14-27(15-17-28)23-10-6-7-11-25(23)31-2/h3-13,18H,14-17,19H2,1-2H3. The van der Waals surface area contributed by atoms with Crippen LogP contribution in [0.3, 0.4) is 0 Å². The quantitative estimate of drug-likeness (QED) is 0.559. The molecule has 1 amide bonds. The summed E-state index contributed by atoms with van der Waals surface area (Å²) in [7, 11) is 3.31. The zero-order valence-electron chi connectivity index (χ0n) is 18.5. The number of hydrogen-bond acceptors (Lipinski definition) is 5. The van der Waals surface area contributed by atoms with Gasteiger partial charge < -0.3 is 24.0 Å². The molecule has 1 saturated heterocycles. The number of carbonyl (C=O) groups is 1. The minimum atomic E-state index is 0.0216. The van der Waals surface area contributed by atoms with Gasteiger partial charge in [0.25, 0.3) is 5.91 Å². The third-order valence-electron chi connectivity index (χ3n) is 5.66. The molecule has 0 aromatic heterocycles. The molecule has 0 spiro atoms. The number of rotatable bonds is 7. The van der Waals surface area contributed by atoms with Gasteiger partial charge in [0.1, 0.15) is 23.9 Å². The van der Waals surface area contributed by atoms with Crippen LogP contribution < -0.4 is 19.1 Å². The number of methoxy groups -OCH3 is 2. The van der Waals surface area contributed by atoms with Gasteiger partial charge in [0, 0.05) is 37.3 Å². The highest BCUT2D eigenvalue weighted by Crippen LogP contribution is 2.29. The summed E-state index contributed by atoms with van der Waals surface area (Å²) < 4.78 is 16.8. The Labute approximate surface area is 188 Å². The summed E-state index contributed by atoms with van der Waals surface area (Å²) in [6, 6.07) is 23.1. The van der Waals surface area contributed by atoms with Crippen molar-refractivity contribution < 1.29 is 19.0 Å². The summed E-state index contributed by atoms with van der Waals surface area (Å²) in [5.74, 6) is 2.36. The fourth-order valence-electron chi connectivity index (χ4n) is 3.93. The zero-order chi connectivity index (χ0) is 22.3. The van der Waals surface area contributed by atoms with Gasteiger partial charge >= 0.3 is 0 Å². The van der Waals surface area contributed by atoms with Gasteiger partial charge in [0.05, 0.1) is 19.9 Å². The number of para-hydroxylation sites is 3. The summed E-state index contributed by atoms with van der Waals surface area (Å²) in [6.45, 7) is 3.14. The number of ether oxygens (including phenoxy) is 3. The number of piperazine rings is 1. The van der Waals surface area contributed by atoms with Crippen molar-refractivity contribution in [2.75, 3.05) is 45.3 Å². The normalized spacial score (nSPS) is 13.6. The Kier molecular flexibility index (Phi) is 6.80. The first-order chi connectivity index (χ1) is 15.7. The van der Waals surface area contributed by atoms with Crippen LogP contribution in [-0.4, -0.2) is 51.2 Å². The minimum Gasteiger partial charge on any atom is -0.496 e. The Hall–Kier alpha value is -3.67. The lowest BCUT2D eigenvalue weighted by Crippen LogP contribution is -2.48. The number of anilines is 1. The molecule has 1 aliphatic rings. The highest BCUT2D eigenvalue weighted by Gasteiger charge is 2.24. The maximum atomic E-state index is 13.2. The van der Waals surface area contributed by atoms with Crippen molar-refractivity contribution in [2.24, 2.45) is 0 Å². The second kappa shape index (κ2) is 10.1. The fraction of sp³-hybridized carbons (Fsp3) is 0.269. The van der Waals surface area contributed by atoms with E-state index in [1.54, 1.807) is 14.2 Å². The number of hydrogen-bond donors (Lipinski definition) is 0. The molecular weight excluding hydrogens is 404 g/mol. The number of nitrogens with zero attached hydrogens (tertiary/aromatic N) is 2. The molecule has 0 N–H and O–H groups in total. The average Bonchev–Trinajstić information content (AvgIpc) is 2.87. The monoisotopic (exact) mass is 432 g/mol. The van der Waals surface area contributed by atoms with Crippen molar-refractivity contribution in [3.05, 3.63) is 83.9 Å². The molecule has 6 nitrogen and oxygen atoms in total. The second-order valence-electron chi connectivity index (χ2n) is 7.58. The largest absolute Gasteiger partial charge is 0.496 e. The molecule has 0 aliphatic carbocycles. The van der Waals surface area contributed by atoms with Gasteiger partial charge in [-0.25, -0.2) is 0 Å². The third-order valence-corrected chi connectivity index (χ3v) is 5.66. The van der Waals surface area contributed by atoms with E-state index in [1.807, 2.05) is 71.6 Å². The summed E-state index contributed by atoms with van der Waals surface area (Å²) in [5.41, 5.74) is 2.55. The Morgan fingerprint density at radius 2 is 1.50 bits per heavy atom. The van der Waals surface area contributed by atoms with E-state index < -0.39 is 0 Å². The van der Waals surface area contributed by atoms with Crippen LogP contribution in [0.15, 0.2) is 72.8 Å². The van der Waals surface area contributed by atoms with Crippen LogP contribution >= 0.6 is 0 Å². The van der Waals surface area contributed by atoms with Gasteiger partial charge in [0.15, 0.2) is 0 Å². The van der Waals surface area contributed by atoms with Crippen molar-refractivity contribution in [1.82, 2.24) is 4.90 Å². The second-order valence-corrected chi connectivity index (χ2v) is 7.58. The topological polar surface area (TPSA) is 51.2 Å². The molecule has 166 valence electrons. The van der Waals surface area contributed by atoms with Crippen LogP contribution in [0.1, 0.15) is 15.9 Å². The molecule has 3 aromatic carbocycles. The predicted molar refractivity (Wildman–Crippen MR) is 125 cm³/mol. The van der Waals surface area contributed by atoms with Crippen molar-refractivity contribution in [1.29, 1.82) is 0 Å². The molecule has 0 saturated carbocycles. The van der Waals surface area contributed by atoms with Gasteiger partial charge in [-0.2, -0.15) is 0 Å². The molecule has 4 rings (SSSR count). The van der Waals surface area contributed by atoms with E-state index in [9.17, 15) is 4.79 Å². The first-order valence-electron chi connectivity index (χ1n) is 10.7. The van der Waals surface area contributed by atoms with Crippen molar-refractivity contribution >= 4 is 11.6 Å². The molecule has 1 aliphatic heterocycles. The zero-order valence-corrected chi connectivity index (χ0v) is 18.5. The predicted octanol–water partition coefficient (Wildman–Crippen LogP) is 4.25. The lowest BCUT2D eigenvalue weighted by Gasteiger charge is -2.36. The smallest absolute Gasteiger partial charge is 0.253 e. The highest BCUT2D eigenvalue weighted by molar-refractivity contribution is 5.94. The molecular formula is C26H28N2O4. The molecule has 0 bridgehead atoms. The first-order valence-corrected chi connectivity index (χ1v) is 10.7. The Morgan fingerprint density at radius 3 is 2.22 bits per heavy atom. The van der Waals surface area contributed by atoms with Crippen molar-refractivity contribution in [2.45, 2.75) is 6.61 Å². The third kappa shape index (κ3) is 4.80. The SMILES string of the molecule is COc1ccc(C(=O)N2CCN(c3ccccc3OC)CC2)cc1COc1ccccc1. The Bertz CT molecular complexity index is 1050. The van der Waals surface area contributed by atoms with Crippen LogP contribution in [0.4, 0.5) is 5.69 Å². The Balaban J connectivity index is 1.43. The summed E-state index contributed by atoms with van der Waals surface area (Å²) in [6.07, 6.45) is 0. The van der Waals surface area contributed by atoms with Crippen LogP contribution in [-0.2, 0) is 6.61 Å². The first kappa shape index (κ1) is 21.6. The summed E-state index contributed by atoms with van der Waals surface area (Å²) >= 11 is 0. The van der Waals surface area contributed by atoms with E-state index in [2.05, 4.69) is 11.0 Å². The van der Waals surface area contributed by atoms with E-state index in [1.165, 1.54) is 0 Å². The molecule has 0 atom stereocenters. The molecule has 3 aromatic rings. The van der Waals surface area contributed by atoms with E-state index in [-0.39, 0.29) is 5.91 Å². The van der Waals surface area contributed by atoms with Crippen LogP contribution in [0.2, 0.25) is 0 Å². The summed E-state index contributed by atoms with van der Waals surface area (Å²) in [5, 5.41) is 0. The average molecular weight is 433 g/mol. The van der Waals surface area contributed by atoms with Gasteiger partial charge in [-0.05, 0) is 42.5 Å². The number of amides is 1. The summed E-state index contributed by atoms with van der Waals surface area (Å²) in [4.78, 5) is 17.4. The fourth-order valence-corrected chi connectivity index (χ4v) is 3.93. The maximum Gasteiger partial charge on any atom is 0.253 e. The molecule has 0 radical (unpaired) electrons. The minimum absolute atomic E-state index is 0.0216.